The van der Waals surface area contributed by atoms with Crippen LogP contribution in [-0.4, -0.2) is 6.85 Å². The maximum Gasteiger partial charge on any atom is 0.333 e. The highest BCUT2D eigenvalue weighted by atomic mass is 16.3. The molecular weight excluding hydrogens is 1000 g/mol. The minimum Gasteiger partial charge on any atom is -0.455 e. The van der Waals surface area contributed by atoms with Crippen molar-refractivity contribution in [2.75, 3.05) is 9.71 Å². The van der Waals surface area contributed by atoms with Gasteiger partial charge in [0.05, 0.1) is 0 Å². The lowest BCUT2D eigenvalue weighted by molar-refractivity contribution is 0.331. The van der Waals surface area contributed by atoms with Gasteiger partial charge in [-0.3, -0.25) is 0 Å². The Morgan fingerprint density at radius 3 is 1.61 bits per heavy atom. The Kier molecular flexibility index (Phi) is 10.8. The van der Waals surface area contributed by atoms with E-state index in [0.717, 1.165) is 33.4 Å². The molecule has 1 aromatic heterocycles. The largest absolute Gasteiger partial charge is 0.455 e. The first-order valence-electron chi connectivity index (χ1n) is 30.6. The molecular formula is C79H77BN2O. The van der Waals surface area contributed by atoms with Crippen molar-refractivity contribution < 1.29 is 4.42 Å². The van der Waals surface area contributed by atoms with Crippen LogP contribution in [0.1, 0.15) is 160 Å². The van der Waals surface area contributed by atoms with Crippen LogP contribution in [0.25, 0.3) is 66.8 Å². The van der Waals surface area contributed by atoms with E-state index in [-0.39, 0.29) is 39.3 Å². The number of nitrogens with zero attached hydrogens (tertiary/aromatic N) is 2. The van der Waals surface area contributed by atoms with Gasteiger partial charge in [-0.25, -0.2) is 0 Å². The molecule has 0 spiro atoms. The van der Waals surface area contributed by atoms with Gasteiger partial charge in [0.1, 0.15) is 11.5 Å². The van der Waals surface area contributed by atoms with Gasteiger partial charge in [-0.2, -0.15) is 0 Å². The van der Waals surface area contributed by atoms with E-state index in [1.807, 2.05) is 0 Å². The molecule has 15 rings (SSSR count). The van der Waals surface area contributed by atoms with Crippen LogP contribution in [0, 0.1) is 6.92 Å². The molecule has 0 fully saturated rings. The van der Waals surface area contributed by atoms with Gasteiger partial charge >= 0.3 is 6.85 Å². The Hall–Kier alpha value is -7.82. The van der Waals surface area contributed by atoms with Gasteiger partial charge < -0.3 is 14.1 Å². The van der Waals surface area contributed by atoms with Crippen LogP contribution in [0.3, 0.4) is 0 Å². The van der Waals surface area contributed by atoms with Crippen LogP contribution >= 0.6 is 0 Å². The summed E-state index contributed by atoms with van der Waals surface area (Å²) in [4.78, 5) is 5.49. The van der Waals surface area contributed by atoms with Crippen LogP contribution in [0.2, 0.25) is 0 Å². The molecule has 0 atom stereocenters. The summed E-state index contributed by atoms with van der Waals surface area (Å²) in [6.07, 6.45) is 2.36. The molecule has 0 saturated carbocycles. The first-order valence-corrected chi connectivity index (χ1v) is 30.6. The maximum absolute atomic E-state index is 7.35. The van der Waals surface area contributed by atoms with Crippen molar-refractivity contribution in [2.45, 2.75) is 149 Å². The fraction of sp³-hybridized carbons (Fsp3) is 0.291. The smallest absolute Gasteiger partial charge is 0.333 e. The molecule has 412 valence electrons. The quantitative estimate of drug-likeness (QED) is 0.164. The van der Waals surface area contributed by atoms with Crippen LogP contribution in [0.5, 0.6) is 0 Å². The molecule has 0 radical (unpaired) electrons. The number of hydrogen-bond acceptors (Lipinski definition) is 3. The standard InChI is InChI=1S/C79H77BN2O/c1-46-38-50(75(5,6)7)32-35-66(46)81-68-43-59-58(72(47-24-18-16-19-25-47)83-73(59)48-26-20-17-21-27-48)42-65(68)80-70-57(40-56-52-28-22-23-29-60(52)79(14,15)69(56)71(70)81)55-39-53-54-41-63-64(77(10,11)37-36-76(63,8)9)44-61(54)78(12,13)62(53)45-67(55)82(80)51-33-30-49(31-34-51)74(2,3)4/h16-35,38-45H,36-37H2,1-15H3. The minimum atomic E-state index is -0.342. The summed E-state index contributed by atoms with van der Waals surface area (Å²) in [6.45, 7) is 35.9. The van der Waals surface area contributed by atoms with E-state index in [1.165, 1.54) is 136 Å². The lowest BCUT2D eigenvalue weighted by atomic mass is 9.42. The van der Waals surface area contributed by atoms with E-state index in [2.05, 4.69) is 283 Å². The molecule has 0 amide bonds. The number of furan rings is 1. The second-order valence-electron chi connectivity index (χ2n) is 29.6. The van der Waals surface area contributed by atoms with Crippen LogP contribution < -0.4 is 20.6 Å². The third-order valence-electron chi connectivity index (χ3n) is 20.7. The summed E-state index contributed by atoms with van der Waals surface area (Å²) in [5.41, 5.74) is 30.9. The summed E-state index contributed by atoms with van der Waals surface area (Å²) >= 11 is 0. The number of benzene rings is 9. The van der Waals surface area contributed by atoms with E-state index >= 15 is 0 Å². The summed E-state index contributed by atoms with van der Waals surface area (Å²) in [5.74, 6) is 1.77. The molecule has 0 N–H and O–H groups in total. The van der Waals surface area contributed by atoms with Crippen molar-refractivity contribution in [1.82, 2.24) is 0 Å². The Bertz CT molecular complexity index is 4400. The summed E-state index contributed by atoms with van der Waals surface area (Å²) in [6, 6.07) is 66.0. The van der Waals surface area contributed by atoms with Gasteiger partial charge in [-0.1, -0.05) is 218 Å². The molecule has 83 heavy (non-hydrogen) atoms. The molecule has 0 saturated heterocycles. The van der Waals surface area contributed by atoms with E-state index in [9.17, 15) is 0 Å². The second kappa shape index (κ2) is 17.2. The highest BCUT2D eigenvalue weighted by molar-refractivity contribution is 6.94. The predicted molar refractivity (Wildman–Crippen MR) is 353 cm³/mol. The minimum absolute atomic E-state index is 0.0201. The third-order valence-corrected chi connectivity index (χ3v) is 20.7. The number of anilines is 5. The number of aryl methyl sites for hydroxylation is 1. The monoisotopic (exact) mass is 1080 g/mol. The van der Waals surface area contributed by atoms with E-state index in [1.54, 1.807) is 0 Å². The molecule has 3 aliphatic carbocycles. The normalized spacial score (nSPS) is 17.1. The Balaban J connectivity index is 1.12. The fourth-order valence-corrected chi connectivity index (χ4v) is 15.8. The molecule has 9 aromatic carbocycles. The molecule has 5 aliphatic rings. The van der Waals surface area contributed by atoms with E-state index in [0.29, 0.717) is 0 Å². The van der Waals surface area contributed by atoms with Crippen molar-refractivity contribution in [2.24, 2.45) is 0 Å². The maximum atomic E-state index is 7.35. The van der Waals surface area contributed by atoms with Gasteiger partial charge in [0.25, 0.3) is 0 Å². The Labute approximate surface area is 493 Å². The topological polar surface area (TPSA) is 19.6 Å². The highest BCUT2D eigenvalue weighted by Gasteiger charge is 2.52. The van der Waals surface area contributed by atoms with Crippen molar-refractivity contribution >= 4 is 57.0 Å². The Morgan fingerprint density at radius 1 is 0.434 bits per heavy atom. The zero-order valence-corrected chi connectivity index (χ0v) is 51.5. The first kappa shape index (κ1) is 52.0. The molecule has 4 heteroatoms. The summed E-state index contributed by atoms with van der Waals surface area (Å²) < 4.78 is 7.35. The predicted octanol–water partition coefficient (Wildman–Crippen LogP) is 20.3. The summed E-state index contributed by atoms with van der Waals surface area (Å²) in [7, 11) is 0. The summed E-state index contributed by atoms with van der Waals surface area (Å²) in [5, 5.41) is 2.21. The molecule has 0 unspecified atom stereocenters. The van der Waals surface area contributed by atoms with E-state index in [4.69, 9.17) is 4.42 Å². The lowest BCUT2D eigenvalue weighted by Crippen LogP contribution is -2.62. The Morgan fingerprint density at radius 2 is 0.988 bits per heavy atom. The highest BCUT2D eigenvalue weighted by Crippen LogP contribution is 2.62. The molecule has 3 heterocycles. The van der Waals surface area contributed by atoms with Gasteiger partial charge in [0.2, 0.25) is 0 Å². The van der Waals surface area contributed by atoms with Gasteiger partial charge in [0, 0.05) is 66.7 Å². The van der Waals surface area contributed by atoms with Crippen LogP contribution in [-0.2, 0) is 32.5 Å². The van der Waals surface area contributed by atoms with Gasteiger partial charge in [0.15, 0.2) is 0 Å². The van der Waals surface area contributed by atoms with Crippen LogP contribution in [0.4, 0.5) is 28.4 Å². The SMILES string of the molecule is Cc1cc(C(C)(C)C)ccc1N1c2cc3c(-c4ccccc4)oc(-c4ccccc4)c3cc2B2c3c(cc4c(c31)C(C)(C)c1ccccc1-4)-c1cc3c(cc1N2c1ccc(C(C)(C)C)cc1)C(C)(C)c1cc2c(cc1-3)C(C)(C)CCC2(C)C. The second-order valence-corrected chi connectivity index (χ2v) is 29.6. The molecule has 10 aromatic rings. The number of hydrogen-bond donors (Lipinski definition) is 0. The van der Waals surface area contributed by atoms with Crippen molar-refractivity contribution in [3.63, 3.8) is 0 Å². The number of rotatable bonds is 4. The molecule has 3 nitrogen and oxygen atoms in total. The molecule has 2 aliphatic heterocycles. The number of fused-ring (bicyclic) bond motifs is 13. The average Bonchev–Trinajstić information content (AvgIpc) is 1.80. The average molecular weight is 1080 g/mol. The first-order chi connectivity index (χ1) is 39.3. The van der Waals surface area contributed by atoms with E-state index < -0.39 is 0 Å². The zero-order chi connectivity index (χ0) is 57.8. The third kappa shape index (κ3) is 7.36. The van der Waals surface area contributed by atoms with Gasteiger partial charge in [-0.15, -0.1) is 0 Å². The van der Waals surface area contributed by atoms with Crippen molar-refractivity contribution in [3.8, 4) is 56.0 Å². The van der Waals surface area contributed by atoms with Gasteiger partial charge in [-0.05, 0) is 179 Å². The fourth-order valence-electron chi connectivity index (χ4n) is 15.8. The lowest BCUT2D eigenvalue weighted by Gasteiger charge is -2.48. The van der Waals surface area contributed by atoms with Crippen molar-refractivity contribution in [1.29, 1.82) is 0 Å². The van der Waals surface area contributed by atoms with Crippen molar-refractivity contribution in [3.05, 3.63) is 220 Å². The van der Waals surface area contributed by atoms with Crippen LogP contribution in [0.15, 0.2) is 174 Å². The zero-order valence-electron chi connectivity index (χ0n) is 51.5. The molecule has 0 bridgehead atoms.